The number of aliphatic hydroxyl groups excluding tert-OH is 1. The molecular formula is C21H26FN3O4S. The summed E-state index contributed by atoms with van der Waals surface area (Å²) in [6.45, 7) is 6.85. The van der Waals surface area contributed by atoms with Gasteiger partial charge in [-0.15, -0.1) is 11.3 Å². The highest BCUT2D eigenvalue weighted by atomic mass is 32.1. The van der Waals surface area contributed by atoms with E-state index in [1.807, 2.05) is 31.2 Å². The third kappa shape index (κ3) is 4.96. The average Bonchev–Trinajstić information content (AvgIpc) is 3.22. The first-order valence-corrected chi connectivity index (χ1v) is 10.5. The topological polar surface area (TPSA) is 91.8 Å². The van der Waals surface area contributed by atoms with Gasteiger partial charge < -0.3 is 15.2 Å². The molecule has 1 aromatic heterocycles. The second-order valence-electron chi connectivity index (χ2n) is 8.27. The Hall–Kier alpha value is -2.52. The first-order chi connectivity index (χ1) is 14.1. The zero-order chi connectivity index (χ0) is 22.1. The van der Waals surface area contributed by atoms with Gasteiger partial charge in [0.05, 0.1) is 22.6 Å². The number of benzene rings is 1. The molecule has 1 aliphatic rings. The summed E-state index contributed by atoms with van der Waals surface area (Å²) in [5, 5.41) is 12.5. The Morgan fingerprint density at radius 2 is 2.00 bits per heavy atom. The number of ether oxygens (including phenoxy) is 1. The number of nitrogens with one attached hydrogen (secondary N) is 1. The van der Waals surface area contributed by atoms with Crippen LogP contribution < -0.4 is 5.32 Å². The molecule has 1 fully saturated rings. The van der Waals surface area contributed by atoms with Crippen molar-refractivity contribution in [3.63, 3.8) is 0 Å². The van der Waals surface area contributed by atoms with Crippen LogP contribution in [0.5, 0.6) is 0 Å². The largest absolute Gasteiger partial charge is 0.444 e. The van der Waals surface area contributed by atoms with Gasteiger partial charge in [-0.1, -0.05) is 24.3 Å². The first-order valence-electron chi connectivity index (χ1n) is 9.65. The molecule has 30 heavy (non-hydrogen) atoms. The van der Waals surface area contributed by atoms with Crippen molar-refractivity contribution in [1.29, 1.82) is 0 Å². The van der Waals surface area contributed by atoms with Crippen molar-refractivity contribution >= 4 is 23.3 Å². The van der Waals surface area contributed by atoms with E-state index in [2.05, 4.69) is 10.3 Å². The Balaban J connectivity index is 1.65. The van der Waals surface area contributed by atoms with Crippen molar-refractivity contribution in [2.24, 2.45) is 0 Å². The van der Waals surface area contributed by atoms with Crippen molar-refractivity contribution < 1.29 is 23.8 Å². The molecule has 0 aliphatic carbocycles. The van der Waals surface area contributed by atoms with Crippen molar-refractivity contribution in [1.82, 2.24) is 15.2 Å². The third-order valence-electron chi connectivity index (χ3n) is 4.71. The summed E-state index contributed by atoms with van der Waals surface area (Å²) in [6.07, 6.45) is -4.14. The van der Waals surface area contributed by atoms with Gasteiger partial charge in [0.15, 0.2) is 6.17 Å². The number of aliphatic hydroxyl groups is 1. The fourth-order valence-electron chi connectivity index (χ4n) is 3.24. The molecule has 1 saturated heterocycles. The molecule has 1 aromatic carbocycles. The number of nitrogens with zero attached hydrogens (tertiary/aromatic N) is 2. The van der Waals surface area contributed by atoms with E-state index in [1.165, 1.54) is 0 Å². The lowest BCUT2D eigenvalue weighted by molar-refractivity contribution is -0.127. The first kappa shape index (κ1) is 22.2. The summed E-state index contributed by atoms with van der Waals surface area (Å²) in [6, 6.07) is 6.18. The standard InChI is InChI=1S/C21H26FN3O4S/c1-12-18(30-11-24-12)14-7-5-13(6-8-14)9-23-19(27)17-16(22)15(26)10-25(17)20(28)29-21(2,3)4/h5-8,11,15-17,26H,9-10H2,1-4H3,(H,23,27)/t15-,16+,17-/m0/s1. The summed E-state index contributed by atoms with van der Waals surface area (Å²) in [5.41, 5.74) is 3.81. The number of carbonyl (C=O) groups is 2. The quantitative estimate of drug-likeness (QED) is 0.770. The van der Waals surface area contributed by atoms with Gasteiger partial charge >= 0.3 is 6.09 Å². The smallest absolute Gasteiger partial charge is 0.411 e. The van der Waals surface area contributed by atoms with Gasteiger partial charge in [-0.25, -0.2) is 14.2 Å². The second kappa shape index (κ2) is 8.69. The SMILES string of the molecule is Cc1ncsc1-c1ccc(CNC(=O)[C@@H]2[C@H](F)[C@@H](O)CN2C(=O)OC(C)(C)C)cc1. The summed E-state index contributed by atoms with van der Waals surface area (Å²) in [7, 11) is 0. The van der Waals surface area contributed by atoms with Crippen LogP contribution in [0.2, 0.25) is 0 Å². The van der Waals surface area contributed by atoms with Gasteiger partial charge in [0, 0.05) is 6.54 Å². The van der Waals surface area contributed by atoms with E-state index in [4.69, 9.17) is 4.74 Å². The van der Waals surface area contributed by atoms with Crippen molar-refractivity contribution in [2.75, 3.05) is 6.54 Å². The van der Waals surface area contributed by atoms with E-state index in [0.717, 1.165) is 26.6 Å². The van der Waals surface area contributed by atoms with E-state index < -0.39 is 35.9 Å². The van der Waals surface area contributed by atoms with Gasteiger partial charge in [-0.05, 0) is 38.8 Å². The summed E-state index contributed by atoms with van der Waals surface area (Å²) in [5.74, 6) is -0.674. The number of likely N-dealkylation sites (tertiary alicyclic amines) is 1. The van der Waals surface area contributed by atoms with Crippen LogP contribution in [0.4, 0.5) is 9.18 Å². The zero-order valence-corrected chi connectivity index (χ0v) is 18.2. The molecule has 0 bridgehead atoms. The minimum Gasteiger partial charge on any atom is -0.444 e. The Kier molecular flexibility index (Phi) is 6.42. The van der Waals surface area contributed by atoms with Crippen LogP contribution >= 0.6 is 11.3 Å². The number of β-amino-alcohol motifs (C(OH)–C–C–N with tert-alkyl or cyclic N) is 1. The molecule has 0 saturated carbocycles. The fraction of sp³-hybridized carbons (Fsp3) is 0.476. The van der Waals surface area contributed by atoms with Gasteiger partial charge in [-0.3, -0.25) is 9.69 Å². The van der Waals surface area contributed by atoms with Crippen LogP contribution in [0, 0.1) is 6.92 Å². The molecule has 0 radical (unpaired) electrons. The predicted molar refractivity (Wildman–Crippen MR) is 112 cm³/mol. The van der Waals surface area contributed by atoms with Gasteiger partial charge in [0.2, 0.25) is 5.91 Å². The number of aryl methyl sites for hydroxylation is 1. The van der Waals surface area contributed by atoms with Crippen molar-refractivity contribution in [2.45, 2.75) is 58.2 Å². The molecule has 2 amide bonds. The average molecular weight is 436 g/mol. The monoisotopic (exact) mass is 435 g/mol. The maximum atomic E-state index is 14.5. The fourth-order valence-corrected chi connectivity index (χ4v) is 4.05. The van der Waals surface area contributed by atoms with Crippen LogP contribution in [0.25, 0.3) is 10.4 Å². The van der Waals surface area contributed by atoms with Gasteiger partial charge in [0.1, 0.15) is 17.7 Å². The lowest BCUT2D eigenvalue weighted by Crippen LogP contribution is -2.50. The highest BCUT2D eigenvalue weighted by Gasteiger charge is 2.49. The van der Waals surface area contributed by atoms with Gasteiger partial charge in [0.25, 0.3) is 0 Å². The number of rotatable bonds is 4. The summed E-state index contributed by atoms with van der Waals surface area (Å²) in [4.78, 5) is 31.3. The number of halogens is 1. The maximum absolute atomic E-state index is 14.5. The highest BCUT2D eigenvalue weighted by molar-refractivity contribution is 7.13. The second-order valence-corrected chi connectivity index (χ2v) is 9.13. The minimum atomic E-state index is -1.88. The predicted octanol–water partition coefficient (Wildman–Crippen LogP) is 3.05. The van der Waals surface area contributed by atoms with Crippen LogP contribution in [0.15, 0.2) is 29.8 Å². The minimum absolute atomic E-state index is 0.169. The molecular weight excluding hydrogens is 409 g/mol. The van der Waals surface area contributed by atoms with E-state index >= 15 is 0 Å². The number of amides is 2. The molecule has 1 aliphatic heterocycles. The number of hydrogen-bond acceptors (Lipinski definition) is 6. The Morgan fingerprint density at radius 1 is 1.33 bits per heavy atom. The summed E-state index contributed by atoms with van der Waals surface area (Å²) >= 11 is 1.56. The maximum Gasteiger partial charge on any atom is 0.411 e. The molecule has 7 nitrogen and oxygen atoms in total. The summed E-state index contributed by atoms with van der Waals surface area (Å²) < 4.78 is 19.7. The van der Waals surface area contributed by atoms with Gasteiger partial charge in [-0.2, -0.15) is 0 Å². The van der Waals surface area contributed by atoms with Crippen LogP contribution in [-0.4, -0.2) is 57.5 Å². The normalized spacial score (nSPS) is 21.5. The molecule has 0 unspecified atom stereocenters. The van der Waals surface area contributed by atoms with Crippen LogP contribution in [0.3, 0.4) is 0 Å². The third-order valence-corrected chi connectivity index (χ3v) is 5.69. The van der Waals surface area contributed by atoms with Crippen molar-refractivity contribution in [3.05, 3.63) is 41.0 Å². The number of carbonyl (C=O) groups excluding carboxylic acids is 2. The Labute approximate surface area is 178 Å². The molecule has 2 N–H and O–H groups in total. The molecule has 9 heteroatoms. The molecule has 3 rings (SSSR count). The molecule has 0 spiro atoms. The lowest BCUT2D eigenvalue weighted by atomic mass is 10.1. The van der Waals surface area contributed by atoms with Crippen molar-refractivity contribution in [3.8, 4) is 10.4 Å². The van der Waals surface area contributed by atoms with E-state index in [-0.39, 0.29) is 13.1 Å². The lowest BCUT2D eigenvalue weighted by Gasteiger charge is -2.28. The van der Waals surface area contributed by atoms with E-state index in [9.17, 15) is 19.1 Å². The van der Waals surface area contributed by atoms with Crippen LogP contribution in [0.1, 0.15) is 32.0 Å². The number of aromatic nitrogens is 1. The van der Waals surface area contributed by atoms with E-state index in [0.29, 0.717) is 0 Å². The van der Waals surface area contributed by atoms with Crippen LogP contribution in [-0.2, 0) is 16.1 Å². The number of hydrogen-bond donors (Lipinski definition) is 2. The molecule has 2 aromatic rings. The zero-order valence-electron chi connectivity index (χ0n) is 17.4. The number of thiazole rings is 1. The Morgan fingerprint density at radius 3 is 2.57 bits per heavy atom. The molecule has 2 heterocycles. The molecule has 3 atom stereocenters. The number of alkyl halides is 1. The highest BCUT2D eigenvalue weighted by Crippen LogP contribution is 2.27. The molecule has 162 valence electrons. The Bertz CT molecular complexity index is 910. The van der Waals surface area contributed by atoms with E-state index in [1.54, 1.807) is 37.6 Å².